The normalized spacial score (nSPS) is 18.5. The van der Waals surface area contributed by atoms with Crippen molar-refractivity contribution >= 4 is 78.1 Å². The first-order valence-corrected chi connectivity index (χ1v) is 34.4. The number of halogens is 12. The molecule has 12 rings (SSSR count). The number of aromatic amines is 2. The minimum atomic E-state index is -3.15. The lowest BCUT2D eigenvalue weighted by molar-refractivity contribution is -0.132. The Balaban J connectivity index is 0.000000157. The maximum Gasteiger partial charge on any atom is 0.266 e. The summed E-state index contributed by atoms with van der Waals surface area (Å²) in [5.74, 6) is -15.9. The Morgan fingerprint density at radius 2 is 0.884 bits per heavy atom. The van der Waals surface area contributed by atoms with E-state index in [2.05, 4.69) is 75.0 Å². The first-order valence-electron chi connectivity index (χ1n) is 29.5. The molecule has 3 atom stereocenters. The van der Waals surface area contributed by atoms with Crippen LogP contribution in [0.1, 0.15) is 36.0 Å². The zero-order valence-corrected chi connectivity index (χ0v) is 54.1. The van der Waals surface area contributed by atoms with Gasteiger partial charge in [0.15, 0.2) is 44.5 Å². The number of nitrogens with one attached hydrogen (secondary N) is 2. The second kappa shape index (κ2) is 29.1. The second-order valence-electron chi connectivity index (χ2n) is 24.2. The molecule has 0 spiro atoms. The molecule has 0 aromatic carbocycles. The van der Waals surface area contributed by atoms with Crippen molar-refractivity contribution in [3.05, 3.63) is 178 Å². The number of pyridine rings is 6. The third-order valence-corrected chi connectivity index (χ3v) is 18.1. The van der Waals surface area contributed by atoms with Gasteiger partial charge in [-0.1, -0.05) is 54.4 Å². The molecule has 12 heterocycles. The number of aromatic nitrogens is 12. The van der Waals surface area contributed by atoms with Gasteiger partial charge in [0, 0.05) is 142 Å². The fourth-order valence-corrected chi connectivity index (χ4v) is 12.0. The van der Waals surface area contributed by atoms with E-state index in [1.165, 1.54) is 35.4 Å². The summed E-state index contributed by atoms with van der Waals surface area (Å²) in [4.78, 5) is 65.2. The molecule has 498 valence electrons. The highest BCUT2D eigenvalue weighted by atomic mass is 35.5. The Hall–Kier alpha value is -8.64. The van der Waals surface area contributed by atoms with Gasteiger partial charge in [-0.15, -0.1) is 0 Å². The molecular weight excluding hydrogens is 1340 g/mol. The number of piperidine rings is 3. The van der Waals surface area contributed by atoms with Crippen LogP contribution in [0, 0.1) is 35.2 Å². The van der Waals surface area contributed by atoms with Gasteiger partial charge in [0.25, 0.3) is 17.8 Å². The largest absolute Gasteiger partial charge is 0.359 e. The Bertz CT molecular complexity index is 4010. The van der Waals surface area contributed by atoms with Crippen LogP contribution in [0.2, 0.25) is 41.1 Å². The minimum Gasteiger partial charge on any atom is -0.359 e. The molecule has 3 saturated heterocycles. The van der Waals surface area contributed by atoms with Crippen LogP contribution in [0.25, 0.3) is 33.8 Å². The molecule has 9 aromatic rings. The standard InChI is InChI=1S/C25H29ClF3N5O2Si.2C19H15ClF3N5O/c1-37(2,3)9-8-36-16-34-22(12-21(32-34)18-4-6-30-7-5-18)33-15-25(28,29)13-19(24(33)35)10-17-11-20(27)23(26)31-14-17;2*20-17-14(21)6-11(9-25-17)5-13-8-19(22,23)10-28(18(13)29)16-7-15(26-27-16)12-1-3-24-4-2-12/h4-7,11-12,14,19H,8-10,13,15-16H2,1-3H3;2*1-4,6-7,9,13H,5,8,10H2,(H,26,27)/t;2*13-/m.10/s1. The number of carbonyl (C=O) groups excluding carboxylic acids is 3. The number of amides is 3. The smallest absolute Gasteiger partial charge is 0.266 e. The summed E-state index contributed by atoms with van der Waals surface area (Å²) in [6.45, 7) is 4.88. The minimum absolute atomic E-state index is 0.0111. The number of ether oxygens (including phenoxy) is 1. The van der Waals surface area contributed by atoms with Gasteiger partial charge in [0.2, 0.25) is 17.7 Å². The van der Waals surface area contributed by atoms with Crippen molar-refractivity contribution in [2.24, 2.45) is 17.8 Å². The van der Waals surface area contributed by atoms with E-state index in [-0.39, 0.29) is 58.9 Å². The molecule has 0 bridgehead atoms. The lowest BCUT2D eigenvalue weighted by Crippen LogP contribution is -2.52. The molecule has 2 N–H and O–H groups in total. The van der Waals surface area contributed by atoms with Crippen molar-refractivity contribution in [3.63, 3.8) is 0 Å². The molecule has 19 nitrogen and oxygen atoms in total. The number of hydrogen-bond acceptors (Lipinski definition) is 13. The predicted molar refractivity (Wildman–Crippen MR) is 338 cm³/mol. The fourth-order valence-electron chi connectivity index (χ4n) is 10.9. The van der Waals surface area contributed by atoms with Gasteiger partial charge >= 0.3 is 0 Å². The summed E-state index contributed by atoms with van der Waals surface area (Å²) in [5, 5.41) is 17.2. The highest BCUT2D eigenvalue weighted by Gasteiger charge is 2.49. The Morgan fingerprint density at radius 1 is 0.526 bits per heavy atom. The average Bonchev–Trinajstić information content (AvgIpc) is 1.77. The number of rotatable bonds is 17. The van der Waals surface area contributed by atoms with Gasteiger partial charge in [-0.05, 0) is 96.6 Å². The van der Waals surface area contributed by atoms with Gasteiger partial charge in [-0.2, -0.15) is 15.3 Å². The molecular formula is C63H59Cl3F9N15O4Si. The number of H-pyrrole nitrogens is 2. The van der Waals surface area contributed by atoms with Crippen molar-refractivity contribution in [3.8, 4) is 33.8 Å². The van der Waals surface area contributed by atoms with Crippen LogP contribution >= 0.6 is 34.8 Å². The van der Waals surface area contributed by atoms with Gasteiger partial charge in [-0.25, -0.2) is 59.1 Å². The number of carbonyl (C=O) groups is 3. The quantitative estimate of drug-likeness (QED) is 0.0375. The van der Waals surface area contributed by atoms with E-state index in [0.29, 0.717) is 40.4 Å². The summed E-state index contributed by atoms with van der Waals surface area (Å²) in [6, 6.07) is 19.4. The van der Waals surface area contributed by atoms with Crippen LogP contribution in [0.15, 0.2) is 129 Å². The molecule has 32 heteroatoms. The summed E-state index contributed by atoms with van der Waals surface area (Å²) < 4.78 is 136. The highest BCUT2D eigenvalue weighted by molar-refractivity contribution is 6.76. The van der Waals surface area contributed by atoms with Crippen LogP contribution in [0.3, 0.4) is 0 Å². The molecule has 3 fully saturated rings. The molecule has 95 heavy (non-hydrogen) atoms. The van der Waals surface area contributed by atoms with Crippen LogP contribution in [-0.2, 0) is 45.1 Å². The van der Waals surface area contributed by atoms with E-state index in [1.807, 2.05) is 0 Å². The van der Waals surface area contributed by atoms with Crippen molar-refractivity contribution in [1.82, 2.24) is 60.1 Å². The molecule has 9 aromatic heterocycles. The maximum absolute atomic E-state index is 14.9. The predicted octanol–water partition coefficient (Wildman–Crippen LogP) is 13.5. The third-order valence-electron chi connectivity index (χ3n) is 15.5. The van der Waals surface area contributed by atoms with Crippen molar-refractivity contribution < 1.29 is 58.6 Å². The lowest BCUT2D eigenvalue weighted by Gasteiger charge is -2.37. The van der Waals surface area contributed by atoms with Crippen LogP contribution in [-0.4, -0.2) is 130 Å². The van der Waals surface area contributed by atoms with E-state index in [9.17, 15) is 53.9 Å². The lowest BCUT2D eigenvalue weighted by atomic mass is 9.89. The maximum atomic E-state index is 14.9. The molecule has 1 unspecified atom stereocenters. The Kier molecular flexibility index (Phi) is 21.2. The second-order valence-corrected chi connectivity index (χ2v) is 30.9. The molecule has 0 radical (unpaired) electrons. The summed E-state index contributed by atoms with van der Waals surface area (Å²) in [7, 11) is -1.34. The Labute approximate surface area is 553 Å². The van der Waals surface area contributed by atoms with Gasteiger partial charge < -0.3 is 4.74 Å². The van der Waals surface area contributed by atoms with Gasteiger partial charge in [0.1, 0.15) is 12.5 Å². The molecule has 3 aliphatic rings. The molecule has 0 aliphatic carbocycles. The number of alkyl halides is 6. The van der Waals surface area contributed by atoms with Crippen molar-refractivity contribution in [1.29, 1.82) is 0 Å². The molecule has 0 saturated carbocycles. The number of anilines is 3. The van der Waals surface area contributed by atoms with Gasteiger partial charge in [-0.3, -0.25) is 54.2 Å². The van der Waals surface area contributed by atoms with Crippen molar-refractivity contribution in [2.45, 2.75) is 88.7 Å². The number of hydrogen-bond donors (Lipinski definition) is 2. The van der Waals surface area contributed by atoms with Crippen LogP contribution in [0.4, 0.5) is 57.0 Å². The van der Waals surface area contributed by atoms with Crippen LogP contribution < -0.4 is 14.7 Å². The number of nitrogens with zero attached hydrogens (tertiary/aromatic N) is 13. The van der Waals surface area contributed by atoms with Crippen molar-refractivity contribution in [2.75, 3.05) is 40.9 Å². The summed E-state index contributed by atoms with van der Waals surface area (Å²) in [5.41, 5.74) is 4.86. The third kappa shape index (κ3) is 17.8. The summed E-state index contributed by atoms with van der Waals surface area (Å²) >= 11 is 16.8. The van der Waals surface area contributed by atoms with E-state index >= 15 is 0 Å². The van der Waals surface area contributed by atoms with E-state index in [1.54, 1.807) is 79.6 Å². The van der Waals surface area contributed by atoms with E-state index < -0.39 is 118 Å². The monoisotopic (exact) mass is 1390 g/mol. The SMILES string of the molecule is C[Si](C)(C)CCOCn1nc(-c2ccncc2)cc1N1CC(F)(F)CC(Cc2cnc(Cl)c(F)c2)C1=O.O=C1[C@@H](Cc2cnc(Cl)c(F)c2)CC(F)(F)CN1c1cc(-c2ccncc2)[nH]n1.O=C1[C@H](Cc2cnc(Cl)c(F)c2)CC(F)(F)CN1c1cc(-c2ccncc2)[nH]n1. The van der Waals surface area contributed by atoms with E-state index in [0.717, 1.165) is 55.6 Å². The fraction of sp³-hybridized carbons (Fsp3) is 0.333. The zero-order chi connectivity index (χ0) is 68.0. The first kappa shape index (κ1) is 69.2. The Morgan fingerprint density at radius 3 is 1.25 bits per heavy atom. The van der Waals surface area contributed by atoms with Gasteiger partial charge in [0.05, 0.1) is 36.7 Å². The topological polar surface area (TPSA) is 223 Å². The first-order chi connectivity index (χ1) is 45.1. The highest BCUT2D eigenvalue weighted by Crippen LogP contribution is 2.40. The van der Waals surface area contributed by atoms with E-state index in [4.69, 9.17) is 39.5 Å². The van der Waals surface area contributed by atoms with Crippen LogP contribution in [0.5, 0.6) is 0 Å². The summed E-state index contributed by atoms with van der Waals surface area (Å²) in [6.07, 6.45) is 11.3. The zero-order valence-electron chi connectivity index (χ0n) is 50.8. The molecule has 3 aliphatic heterocycles. The average molecular weight is 1400 g/mol. The molecule has 3 amide bonds.